The Balaban J connectivity index is 2.80. The minimum atomic E-state index is -1.43. The molecule has 0 spiro atoms. The smallest absolute Gasteiger partial charge is 0.194 e. The van der Waals surface area contributed by atoms with Crippen LogP contribution in [0.3, 0.4) is 0 Å². The first kappa shape index (κ1) is 11.9. The molecule has 84 valence electrons. The van der Waals surface area contributed by atoms with Crippen molar-refractivity contribution >= 4 is 5.69 Å². The van der Waals surface area contributed by atoms with Gasteiger partial charge in [0, 0.05) is 24.4 Å². The summed E-state index contributed by atoms with van der Waals surface area (Å²) in [4.78, 5) is 0. The van der Waals surface area contributed by atoms with Gasteiger partial charge in [0.15, 0.2) is 17.5 Å². The van der Waals surface area contributed by atoms with E-state index in [1.165, 1.54) is 0 Å². The Morgan fingerprint density at radius 1 is 1.07 bits per heavy atom. The fourth-order valence-corrected chi connectivity index (χ4v) is 1.02. The average Bonchev–Trinajstić information content (AvgIpc) is 2.09. The van der Waals surface area contributed by atoms with Crippen molar-refractivity contribution in [1.82, 2.24) is 0 Å². The Morgan fingerprint density at radius 2 is 1.53 bits per heavy atom. The van der Waals surface area contributed by atoms with Crippen molar-refractivity contribution in [3.05, 3.63) is 29.6 Å². The van der Waals surface area contributed by atoms with Crippen molar-refractivity contribution in [2.45, 2.75) is 20.8 Å². The van der Waals surface area contributed by atoms with Gasteiger partial charge in [0.2, 0.25) is 0 Å². The summed E-state index contributed by atoms with van der Waals surface area (Å²) in [7, 11) is 0. The number of halogens is 3. The highest BCUT2D eigenvalue weighted by atomic mass is 19.2. The molecule has 4 heteroatoms. The Labute approximate surface area is 87.3 Å². The van der Waals surface area contributed by atoms with Crippen molar-refractivity contribution in [3.63, 3.8) is 0 Å². The van der Waals surface area contributed by atoms with E-state index < -0.39 is 17.5 Å². The summed E-state index contributed by atoms with van der Waals surface area (Å²) in [6.07, 6.45) is 0. The van der Waals surface area contributed by atoms with Gasteiger partial charge in [-0.05, 0) is 5.41 Å². The van der Waals surface area contributed by atoms with Crippen molar-refractivity contribution in [2.24, 2.45) is 5.41 Å². The molecule has 1 aromatic rings. The van der Waals surface area contributed by atoms with Crippen molar-refractivity contribution in [2.75, 3.05) is 11.9 Å². The van der Waals surface area contributed by atoms with Gasteiger partial charge in [0.05, 0.1) is 0 Å². The van der Waals surface area contributed by atoms with Gasteiger partial charge in [-0.1, -0.05) is 20.8 Å². The summed E-state index contributed by atoms with van der Waals surface area (Å²) in [5, 5.41) is 2.85. The third-order valence-corrected chi connectivity index (χ3v) is 1.81. The second-order valence-electron chi connectivity index (χ2n) is 4.67. The summed E-state index contributed by atoms with van der Waals surface area (Å²) in [5.41, 5.74) is 0.239. The van der Waals surface area contributed by atoms with E-state index in [4.69, 9.17) is 0 Å². The van der Waals surface area contributed by atoms with Crippen LogP contribution in [-0.4, -0.2) is 6.54 Å². The van der Waals surface area contributed by atoms with Crippen LogP contribution >= 0.6 is 0 Å². The zero-order valence-corrected chi connectivity index (χ0v) is 9.00. The fraction of sp³-hybridized carbons (Fsp3) is 0.455. The lowest BCUT2D eigenvalue weighted by molar-refractivity contribution is 0.438. The Kier molecular flexibility index (Phi) is 3.27. The molecule has 0 saturated heterocycles. The number of hydrogen-bond acceptors (Lipinski definition) is 1. The van der Waals surface area contributed by atoms with Crippen LogP contribution < -0.4 is 5.32 Å². The van der Waals surface area contributed by atoms with Crippen LogP contribution in [0.2, 0.25) is 0 Å². The van der Waals surface area contributed by atoms with Crippen LogP contribution in [-0.2, 0) is 0 Å². The molecular weight excluding hydrogens is 203 g/mol. The van der Waals surface area contributed by atoms with Gasteiger partial charge in [-0.15, -0.1) is 0 Å². The lowest BCUT2D eigenvalue weighted by atomic mass is 9.97. The van der Waals surface area contributed by atoms with E-state index in [1.807, 2.05) is 20.8 Å². The van der Waals surface area contributed by atoms with Crippen LogP contribution in [0, 0.1) is 22.9 Å². The minimum absolute atomic E-state index is 0.0126. The molecule has 0 aliphatic carbocycles. The van der Waals surface area contributed by atoms with Crippen molar-refractivity contribution in [1.29, 1.82) is 0 Å². The number of benzene rings is 1. The predicted octanol–water partition coefficient (Wildman–Crippen LogP) is 3.56. The molecule has 1 rings (SSSR count). The maximum absolute atomic E-state index is 12.8. The molecule has 0 heterocycles. The molecule has 0 atom stereocenters. The van der Waals surface area contributed by atoms with Crippen LogP contribution in [0.15, 0.2) is 12.1 Å². The quantitative estimate of drug-likeness (QED) is 0.747. The average molecular weight is 217 g/mol. The maximum atomic E-state index is 12.8. The van der Waals surface area contributed by atoms with E-state index in [-0.39, 0.29) is 11.1 Å². The van der Waals surface area contributed by atoms with Gasteiger partial charge in [-0.3, -0.25) is 0 Å². The van der Waals surface area contributed by atoms with E-state index in [2.05, 4.69) is 5.32 Å². The van der Waals surface area contributed by atoms with Gasteiger partial charge in [-0.25, -0.2) is 13.2 Å². The van der Waals surface area contributed by atoms with E-state index >= 15 is 0 Å². The van der Waals surface area contributed by atoms with Crippen LogP contribution in [0.1, 0.15) is 20.8 Å². The minimum Gasteiger partial charge on any atom is -0.384 e. The maximum Gasteiger partial charge on any atom is 0.194 e. The molecule has 0 amide bonds. The van der Waals surface area contributed by atoms with Gasteiger partial charge in [-0.2, -0.15) is 0 Å². The number of anilines is 1. The van der Waals surface area contributed by atoms with Crippen LogP contribution in [0.4, 0.5) is 18.9 Å². The van der Waals surface area contributed by atoms with Gasteiger partial charge in [0.25, 0.3) is 0 Å². The molecule has 0 saturated carbocycles. The lowest BCUT2D eigenvalue weighted by Gasteiger charge is -2.19. The molecule has 1 N–H and O–H groups in total. The highest BCUT2D eigenvalue weighted by Crippen LogP contribution is 2.19. The zero-order chi connectivity index (χ0) is 11.6. The molecular formula is C11H14F3N. The molecule has 0 unspecified atom stereocenters. The van der Waals surface area contributed by atoms with Crippen molar-refractivity contribution in [3.8, 4) is 0 Å². The predicted molar refractivity (Wildman–Crippen MR) is 54.3 cm³/mol. The molecule has 1 nitrogen and oxygen atoms in total. The summed E-state index contributed by atoms with van der Waals surface area (Å²) in [6, 6.07) is 1.90. The topological polar surface area (TPSA) is 12.0 Å². The van der Waals surface area contributed by atoms with E-state index in [1.54, 1.807) is 0 Å². The molecule has 0 aliphatic heterocycles. The first-order valence-electron chi connectivity index (χ1n) is 4.68. The SMILES string of the molecule is CC(C)(C)CNc1cc(F)c(F)c(F)c1. The normalized spacial score (nSPS) is 11.6. The molecule has 1 aromatic carbocycles. The zero-order valence-electron chi connectivity index (χ0n) is 9.00. The van der Waals surface area contributed by atoms with Gasteiger partial charge >= 0.3 is 0 Å². The molecule has 0 fully saturated rings. The standard InChI is InChI=1S/C11H14F3N/c1-11(2,3)6-15-7-4-8(12)10(14)9(13)5-7/h4-5,15H,6H2,1-3H3. The first-order valence-corrected chi connectivity index (χ1v) is 4.68. The largest absolute Gasteiger partial charge is 0.384 e. The van der Waals surface area contributed by atoms with Crippen molar-refractivity contribution < 1.29 is 13.2 Å². The molecule has 0 bridgehead atoms. The third-order valence-electron chi connectivity index (χ3n) is 1.81. The van der Waals surface area contributed by atoms with Gasteiger partial charge in [0.1, 0.15) is 0 Å². The van der Waals surface area contributed by atoms with Gasteiger partial charge < -0.3 is 5.32 Å². The number of rotatable bonds is 2. The Hall–Kier alpha value is -1.19. The molecule has 0 radical (unpaired) electrons. The second-order valence-corrected chi connectivity index (χ2v) is 4.67. The fourth-order valence-electron chi connectivity index (χ4n) is 1.02. The van der Waals surface area contributed by atoms with Crippen LogP contribution in [0.25, 0.3) is 0 Å². The van der Waals surface area contributed by atoms with E-state index in [0.717, 1.165) is 12.1 Å². The summed E-state index contributed by atoms with van der Waals surface area (Å²) < 4.78 is 38.2. The van der Waals surface area contributed by atoms with Crippen LogP contribution in [0.5, 0.6) is 0 Å². The highest BCUT2D eigenvalue weighted by molar-refractivity contribution is 5.44. The highest BCUT2D eigenvalue weighted by Gasteiger charge is 2.13. The second kappa shape index (κ2) is 4.13. The number of nitrogens with one attached hydrogen (secondary N) is 1. The first-order chi connectivity index (χ1) is 6.79. The Bertz CT molecular complexity index is 332. The lowest BCUT2D eigenvalue weighted by Crippen LogP contribution is -2.19. The summed E-state index contributed by atoms with van der Waals surface area (Å²) in [5.74, 6) is -3.78. The monoisotopic (exact) mass is 217 g/mol. The molecule has 15 heavy (non-hydrogen) atoms. The number of hydrogen-bond donors (Lipinski definition) is 1. The van der Waals surface area contributed by atoms with E-state index in [0.29, 0.717) is 6.54 Å². The third kappa shape index (κ3) is 3.46. The Morgan fingerprint density at radius 3 is 1.93 bits per heavy atom. The molecule has 0 aliphatic rings. The summed E-state index contributed by atoms with van der Waals surface area (Å²) in [6.45, 7) is 6.50. The molecule has 0 aromatic heterocycles. The van der Waals surface area contributed by atoms with E-state index in [9.17, 15) is 13.2 Å². The summed E-state index contributed by atoms with van der Waals surface area (Å²) >= 11 is 0.